The molecule has 0 spiro atoms. The summed E-state index contributed by atoms with van der Waals surface area (Å²) < 4.78 is 3.88. The summed E-state index contributed by atoms with van der Waals surface area (Å²) >= 11 is 5.89. The van der Waals surface area contributed by atoms with Crippen molar-refractivity contribution in [2.75, 3.05) is 22.1 Å². The third kappa shape index (κ3) is 5.73. The van der Waals surface area contributed by atoms with Gasteiger partial charge in [-0.05, 0) is 36.4 Å². The second-order valence-electron chi connectivity index (χ2n) is 6.98. The van der Waals surface area contributed by atoms with E-state index in [2.05, 4.69) is 25.6 Å². The molecule has 11 heteroatoms. The van der Waals surface area contributed by atoms with Gasteiger partial charge in [0.2, 0.25) is 11.8 Å². The zero-order chi connectivity index (χ0) is 23.3. The maximum atomic E-state index is 12.4. The van der Waals surface area contributed by atoms with Gasteiger partial charge in [-0.1, -0.05) is 53.9 Å². The first-order valence-electron chi connectivity index (χ1n) is 10.2. The van der Waals surface area contributed by atoms with Crippen molar-refractivity contribution in [2.45, 2.75) is 8.68 Å². The van der Waals surface area contributed by atoms with E-state index in [1.165, 1.54) is 23.5 Å². The van der Waals surface area contributed by atoms with Crippen LogP contribution < -0.4 is 10.6 Å². The number of pyridine rings is 1. The molecule has 0 fully saturated rings. The molecule has 170 valence electrons. The Labute approximate surface area is 211 Å². The number of thioether (sulfide) groups is 2. The molecule has 2 aromatic carbocycles. The summed E-state index contributed by atoms with van der Waals surface area (Å²) in [6.07, 6.45) is 0. The first-order chi connectivity index (χ1) is 16.6. The molecule has 0 aliphatic rings. The molecule has 0 atom stereocenters. The number of para-hydroxylation sites is 2. The zero-order valence-electron chi connectivity index (χ0n) is 17.6. The first kappa shape index (κ1) is 22.8. The molecule has 2 N–H and O–H groups in total. The lowest BCUT2D eigenvalue weighted by Crippen LogP contribution is -2.17. The number of nitrogens with one attached hydrogen (secondary N) is 2. The van der Waals surface area contributed by atoms with E-state index in [9.17, 15) is 9.59 Å². The Bertz CT molecular complexity index is 1310. The number of aromatic nitrogens is 3. The zero-order valence-corrected chi connectivity index (χ0v) is 20.8. The second kappa shape index (κ2) is 10.5. The Hall–Kier alpha value is -2.99. The highest BCUT2D eigenvalue weighted by atomic mass is 32.2. The number of carbonyl (C=O) groups excluding carboxylic acids is 2. The van der Waals surface area contributed by atoms with Crippen molar-refractivity contribution >= 4 is 90.1 Å². The SMILES string of the molecule is O=C(CSc1nc2ccccc2s1)Nc1cccc(NC(=O)CSc2nc3ccccc3s2)n1. The molecule has 3 heterocycles. The van der Waals surface area contributed by atoms with Crippen LogP contribution in [0.5, 0.6) is 0 Å². The summed E-state index contributed by atoms with van der Waals surface area (Å²) in [5, 5.41) is 5.55. The molecule has 0 saturated carbocycles. The molecule has 0 saturated heterocycles. The third-order valence-electron chi connectivity index (χ3n) is 4.49. The van der Waals surface area contributed by atoms with Crippen LogP contribution in [0.25, 0.3) is 20.4 Å². The number of hydrogen-bond donors (Lipinski definition) is 2. The average Bonchev–Trinajstić information content (AvgIpc) is 3.45. The van der Waals surface area contributed by atoms with Crippen molar-refractivity contribution in [3.8, 4) is 0 Å². The van der Waals surface area contributed by atoms with Crippen molar-refractivity contribution in [3.63, 3.8) is 0 Å². The van der Waals surface area contributed by atoms with Gasteiger partial charge in [-0.25, -0.2) is 15.0 Å². The van der Waals surface area contributed by atoms with Crippen LogP contribution in [0.4, 0.5) is 11.6 Å². The van der Waals surface area contributed by atoms with Crippen LogP contribution in [-0.4, -0.2) is 38.3 Å². The fourth-order valence-corrected chi connectivity index (χ4v) is 6.75. The van der Waals surface area contributed by atoms with Crippen LogP contribution in [0.1, 0.15) is 0 Å². The van der Waals surface area contributed by atoms with Gasteiger partial charge in [0.1, 0.15) is 11.6 Å². The molecule has 5 rings (SSSR count). The van der Waals surface area contributed by atoms with E-state index >= 15 is 0 Å². The van der Waals surface area contributed by atoms with Gasteiger partial charge in [0.15, 0.2) is 8.68 Å². The van der Waals surface area contributed by atoms with Gasteiger partial charge in [0.25, 0.3) is 0 Å². The van der Waals surface area contributed by atoms with E-state index < -0.39 is 0 Å². The number of anilines is 2. The minimum Gasteiger partial charge on any atom is -0.310 e. The van der Waals surface area contributed by atoms with Gasteiger partial charge >= 0.3 is 0 Å². The van der Waals surface area contributed by atoms with Crippen molar-refractivity contribution in [1.82, 2.24) is 15.0 Å². The van der Waals surface area contributed by atoms with Crippen molar-refractivity contribution in [3.05, 3.63) is 66.7 Å². The summed E-state index contributed by atoms with van der Waals surface area (Å²) in [6, 6.07) is 20.9. The Morgan fingerprint density at radius 2 is 1.12 bits per heavy atom. The molecule has 7 nitrogen and oxygen atoms in total. The molecular weight excluding hydrogens is 507 g/mol. The summed E-state index contributed by atoms with van der Waals surface area (Å²) in [6.45, 7) is 0. The topological polar surface area (TPSA) is 96.9 Å². The molecule has 5 aromatic rings. The number of thiazole rings is 2. The smallest absolute Gasteiger partial charge is 0.235 e. The lowest BCUT2D eigenvalue weighted by Gasteiger charge is -2.07. The van der Waals surface area contributed by atoms with Gasteiger partial charge in [0, 0.05) is 0 Å². The third-order valence-corrected chi connectivity index (χ3v) is 8.84. The van der Waals surface area contributed by atoms with E-state index in [1.807, 2.05) is 48.5 Å². The largest absolute Gasteiger partial charge is 0.310 e. The summed E-state index contributed by atoms with van der Waals surface area (Å²) in [7, 11) is 0. The molecule has 0 aliphatic carbocycles. The summed E-state index contributed by atoms with van der Waals surface area (Å²) in [5.74, 6) is 0.824. The number of amides is 2. The molecule has 0 aliphatic heterocycles. The van der Waals surface area contributed by atoms with Crippen LogP contribution in [0.2, 0.25) is 0 Å². The highest BCUT2D eigenvalue weighted by Crippen LogP contribution is 2.30. The highest BCUT2D eigenvalue weighted by molar-refractivity contribution is 8.02. The lowest BCUT2D eigenvalue weighted by molar-refractivity contribution is -0.114. The Morgan fingerprint density at radius 1 is 0.647 bits per heavy atom. The molecule has 34 heavy (non-hydrogen) atoms. The molecule has 0 unspecified atom stereocenters. The van der Waals surface area contributed by atoms with E-state index in [0.717, 1.165) is 29.1 Å². The van der Waals surface area contributed by atoms with Crippen LogP contribution >= 0.6 is 46.2 Å². The fraction of sp³-hybridized carbons (Fsp3) is 0.0870. The van der Waals surface area contributed by atoms with Gasteiger partial charge in [-0.15, -0.1) is 22.7 Å². The molecular formula is C23H17N5O2S4. The van der Waals surface area contributed by atoms with Crippen LogP contribution in [-0.2, 0) is 9.59 Å². The van der Waals surface area contributed by atoms with Crippen molar-refractivity contribution in [2.24, 2.45) is 0 Å². The predicted molar refractivity (Wildman–Crippen MR) is 142 cm³/mol. The maximum absolute atomic E-state index is 12.4. The van der Waals surface area contributed by atoms with E-state index in [0.29, 0.717) is 11.6 Å². The number of carbonyl (C=O) groups is 2. The Morgan fingerprint density at radius 3 is 1.59 bits per heavy atom. The van der Waals surface area contributed by atoms with E-state index in [1.54, 1.807) is 40.9 Å². The minimum absolute atomic E-state index is 0.188. The number of benzene rings is 2. The second-order valence-corrected chi connectivity index (χ2v) is 11.5. The Balaban J connectivity index is 1.12. The number of nitrogens with zero attached hydrogens (tertiary/aromatic N) is 3. The first-order valence-corrected chi connectivity index (χ1v) is 13.8. The van der Waals surface area contributed by atoms with Gasteiger partial charge in [-0.3, -0.25) is 9.59 Å². The summed E-state index contributed by atoms with van der Waals surface area (Å²) in [5.41, 5.74) is 1.86. The van der Waals surface area contributed by atoms with Gasteiger partial charge in [0.05, 0.1) is 31.9 Å². The molecule has 0 radical (unpaired) electrons. The normalized spacial score (nSPS) is 11.1. The molecule has 3 aromatic heterocycles. The van der Waals surface area contributed by atoms with Gasteiger partial charge < -0.3 is 10.6 Å². The Kier molecular flexibility index (Phi) is 7.05. The number of hydrogen-bond acceptors (Lipinski definition) is 9. The molecule has 2 amide bonds. The van der Waals surface area contributed by atoms with E-state index in [4.69, 9.17) is 0 Å². The van der Waals surface area contributed by atoms with E-state index in [-0.39, 0.29) is 23.3 Å². The van der Waals surface area contributed by atoms with Crippen LogP contribution in [0.15, 0.2) is 75.4 Å². The number of rotatable bonds is 8. The highest BCUT2D eigenvalue weighted by Gasteiger charge is 2.11. The fourth-order valence-electron chi connectivity index (χ4n) is 3.01. The van der Waals surface area contributed by atoms with Gasteiger partial charge in [-0.2, -0.15) is 0 Å². The summed E-state index contributed by atoms with van der Waals surface area (Å²) in [4.78, 5) is 38.1. The average molecular weight is 524 g/mol. The lowest BCUT2D eigenvalue weighted by atomic mass is 10.3. The minimum atomic E-state index is -0.188. The van der Waals surface area contributed by atoms with Crippen molar-refractivity contribution in [1.29, 1.82) is 0 Å². The maximum Gasteiger partial charge on any atom is 0.235 e. The van der Waals surface area contributed by atoms with Crippen molar-refractivity contribution < 1.29 is 9.59 Å². The van der Waals surface area contributed by atoms with Crippen LogP contribution in [0, 0.1) is 0 Å². The monoisotopic (exact) mass is 523 g/mol. The quantitative estimate of drug-likeness (QED) is 0.250. The number of fused-ring (bicyclic) bond motifs is 2. The predicted octanol–water partition coefficient (Wildman–Crippen LogP) is 5.76. The standard InChI is InChI=1S/C23H17N5O2S4/c29-20(12-31-22-24-14-6-1-3-8-16(14)33-22)27-18-10-5-11-19(26-18)28-21(30)13-32-23-25-15-7-2-4-9-17(15)34-23/h1-11H,12-13H2,(H2,26,27,28,29,30). The van der Waals surface area contributed by atoms with Crippen LogP contribution in [0.3, 0.4) is 0 Å². The molecule has 0 bridgehead atoms.